The van der Waals surface area contributed by atoms with Crippen molar-refractivity contribution in [3.05, 3.63) is 82.8 Å². The fourth-order valence-corrected chi connectivity index (χ4v) is 3.22. The third-order valence-corrected chi connectivity index (χ3v) is 4.84. The Kier molecular flexibility index (Phi) is 7.07. The molecule has 0 aliphatic heterocycles. The second-order valence-corrected chi connectivity index (χ2v) is 7.18. The molecule has 30 heavy (non-hydrogen) atoms. The highest BCUT2D eigenvalue weighted by Crippen LogP contribution is 2.35. The van der Waals surface area contributed by atoms with Gasteiger partial charge in [0.15, 0.2) is 11.5 Å². The summed E-state index contributed by atoms with van der Waals surface area (Å²) in [5.41, 5.74) is 2.02. The van der Waals surface area contributed by atoms with Gasteiger partial charge < -0.3 is 14.8 Å². The zero-order valence-electron chi connectivity index (χ0n) is 15.9. The normalized spacial score (nSPS) is 10.4. The summed E-state index contributed by atoms with van der Waals surface area (Å²) < 4.78 is 26.3. The van der Waals surface area contributed by atoms with Gasteiger partial charge in [-0.2, -0.15) is 0 Å². The van der Waals surface area contributed by atoms with Crippen LogP contribution in [0.4, 0.5) is 15.9 Å². The highest BCUT2D eigenvalue weighted by molar-refractivity contribution is 9.10. The number of rotatable bonds is 6. The molecule has 0 radical (unpaired) electrons. The van der Waals surface area contributed by atoms with Crippen LogP contribution in [-0.4, -0.2) is 17.1 Å². The van der Waals surface area contributed by atoms with E-state index in [1.807, 2.05) is 30.3 Å². The second kappa shape index (κ2) is 9.73. The Morgan fingerprint density at radius 1 is 1.00 bits per heavy atom. The molecule has 154 valence electrons. The maximum Gasteiger partial charge on any atom is 0.163 e. The standard InChI is InChI=1S/C22H17BrFN3O2.ClH/c1-28-20-10-16-19(11-21(20)29-12-14-5-3-2-4-6-14)25-13-26-22(16)27-18-8-7-15(23)9-17(18)24;/h2-11,13H,12H2,1H3,(H,25,26,27);1H. The molecule has 0 saturated carbocycles. The molecule has 0 saturated heterocycles. The van der Waals surface area contributed by atoms with Crippen LogP contribution in [0.2, 0.25) is 0 Å². The van der Waals surface area contributed by atoms with Crippen molar-refractivity contribution in [2.45, 2.75) is 6.61 Å². The van der Waals surface area contributed by atoms with Crippen molar-refractivity contribution in [2.24, 2.45) is 0 Å². The minimum absolute atomic E-state index is 0. The van der Waals surface area contributed by atoms with Gasteiger partial charge in [-0.05, 0) is 29.8 Å². The summed E-state index contributed by atoms with van der Waals surface area (Å²) in [4.78, 5) is 8.59. The molecule has 0 aliphatic rings. The van der Waals surface area contributed by atoms with Gasteiger partial charge in [0.05, 0.1) is 18.3 Å². The summed E-state index contributed by atoms with van der Waals surface area (Å²) >= 11 is 3.26. The van der Waals surface area contributed by atoms with E-state index in [9.17, 15) is 4.39 Å². The SMILES string of the molecule is COc1cc2c(Nc3ccc(Br)cc3F)ncnc2cc1OCc1ccccc1.Cl. The summed E-state index contributed by atoms with van der Waals surface area (Å²) in [6.07, 6.45) is 1.43. The maximum absolute atomic E-state index is 14.2. The number of benzene rings is 3. The van der Waals surface area contributed by atoms with Crippen LogP contribution >= 0.6 is 28.3 Å². The van der Waals surface area contributed by atoms with Gasteiger partial charge in [0.2, 0.25) is 0 Å². The van der Waals surface area contributed by atoms with Gasteiger partial charge in [-0.1, -0.05) is 46.3 Å². The number of aromatic nitrogens is 2. The first-order valence-corrected chi connectivity index (χ1v) is 9.65. The lowest BCUT2D eigenvalue weighted by Gasteiger charge is -2.14. The van der Waals surface area contributed by atoms with E-state index in [0.717, 1.165) is 5.56 Å². The Morgan fingerprint density at radius 2 is 1.80 bits per heavy atom. The van der Waals surface area contributed by atoms with Crippen molar-refractivity contribution < 1.29 is 13.9 Å². The summed E-state index contributed by atoms with van der Waals surface area (Å²) in [5.74, 6) is 1.20. The van der Waals surface area contributed by atoms with E-state index in [-0.39, 0.29) is 18.2 Å². The van der Waals surface area contributed by atoms with E-state index in [2.05, 4.69) is 31.2 Å². The summed E-state index contributed by atoms with van der Waals surface area (Å²) in [6, 6.07) is 18.2. The van der Waals surface area contributed by atoms with Crippen molar-refractivity contribution in [3.63, 3.8) is 0 Å². The molecule has 0 fully saturated rings. The van der Waals surface area contributed by atoms with Gasteiger partial charge in [-0.25, -0.2) is 14.4 Å². The van der Waals surface area contributed by atoms with Crippen molar-refractivity contribution in [2.75, 3.05) is 12.4 Å². The van der Waals surface area contributed by atoms with Crippen LogP contribution in [0.3, 0.4) is 0 Å². The number of nitrogens with zero attached hydrogens (tertiary/aromatic N) is 2. The zero-order chi connectivity index (χ0) is 20.2. The fourth-order valence-electron chi connectivity index (χ4n) is 2.89. The molecule has 0 bridgehead atoms. The molecule has 0 atom stereocenters. The minimum atomic E-state index is -0.388. The Morgan fingerprint density at radius 3 is 2.53 bits per heavy atom. The van der Waals surface area contributed by atoms with Crippen molar-refractivity contribution in [1.82, 2.24) is 9.97 Å². The molecular formula is C22H18BrClFN3O2. The lowest BCUT2D eigenvalue weighted by molar-refractivity contribution is 0.285. The van der Waals surface area contributed by atoms with Crippen LogP contribution in [0.1, 0.15) is 5.56 Å². The average Bonchev–Trinajstić information content (AvgIpc) is 2.74. The van der Waals surface area contributed by atoms with Crippen LogP contribution in [0.15, 0.2) is 71.5 Å². The van der Waals surface area contributed by atoms with Gasteiger partial charge in [-0.15, -0.1) is 12.4 Å². The first kappa shape index (κ1) is 21.8. The lowest BCUT2D eigenvalue weighted by Crippen LogP contribution is -2.01. The third kappa shape index (κ3) is 4.80. The summed E-state index contributed by atoms with van der Waals surface area (Å²) in [5, 5.41) is 3.72. The number of ether oxygens (including phenoxy) is 2. The molecule has 3 aromatic carbocycles. The Hall–Kier alpha value is -2.90. The van der Waals surface area contributed by atoms with Gasteiger partial charge >= 0.3 is 0 Å². The largest absolute Gasteiger partial charge is 0.493 e. The molecule has 1 N–H and O–H groups in total. The molecule has 1 aromatic heterocycles. The lowest BCUT2D eigenvalue weighted by atomic mass is 10.2. The Balaban J connectivity index is 0.00000256. The Labute approximate surface area is 187 Å². The van der Waals surface area contributed by atoms with Crippen LogP contribution in [-0.2, 0) is 6.61 Å². The molecular weight excluding hydrogens is 473 g/mol. The Bertz CT molecular complexity index is 1160. The predicted molar refractivity (Wildman–Crippen MR) is 121 cm³/mol. The first-order chi connectivity index (χ1) is 14.1. The number of anilines is 2. The molecule has 8 heteroatoms. The van der Waals surface area contributed by atoms with E-state index in [1.165, 1.54) is 12.4 Å². The molecule has 1 heterocycles. The van der Waals surface area contributed by atoms with Crippen molar-refractivity contribution in [1.29, 1.82) is 0 Å². The van der Waals surface area contributed by atoms with Gasteiger partial charge in [0, 0.05) is 15.9 Å². The van der Waals surface area contributed by atoms with E-state index in [1.54, 1.807) is 31.4 Å². The molecule has 0 amide bonds. The van der Waals surface area contributed by atoms with Gasteiger partial charge in [-0.3, -0.25) is 0 Å². The average molecular weight is 491 g/mol. The quantitative estimate of drug-likeness (QED) is 0.344. The van der Waals surface area contributed by atoms with E-state index >= 15 is 0 Å². The number of hydrogen-bond acceptors (Lipinski definition) is 5. The highest BCUT2D eigenvalue weighted by Gasteiger charge is 2.13. The predicted octanol–water partition coefficient (Wildman–Crippen LogP) is 6.28. The smallest absolute Gasteiger partial charge is 0.163 e. The third-order valence-electron chi connectivity index (χ3n) is 4.34. The second-order valence-electron chi connectivity index (χ2n) is 6.27. The number of fused-ring (bicyclic) bond motifs is 1. The van der Waals surface area contributed by atoms with Crippen LogP contribution in [0.5, 0.6) is 11.5 Å². The molecule has 0 aliphatic carbocycles. The first-order valence-electron chi connectivity index (χ1n) is 8.85. The monoisotopic (exact) mass is 489 g/mol. The number of nitrogens with one attached hydrogen (secondary N) is 1. The highest BCUT2D eigenvalue weighted by atomic mass is 79.9. The summed E-state index contributed by atoms with van der Waals surface area (Å²) in [7, 11) is 1.57. The van der Waals surface area contributed by atoms with Crippen molar-refractivity contribution >= 4 is 50.7 Å². The number of hydrogen-bond donors (Lipinski definition) is 1. The van der Waals surface area contributed by atoms with E-state index in [4.69, 9.17) is 9.47 Å². The molecule has 4 aromatic rings. The molecule has 0 unspecified atom stereocenters. The van der Waals surface area contributed by atoms with E-state index in [0.29, 0.717) is 45.0 Å². The van der Waals surface area contributed by atoms with Crippen molar-refractivity contribution in [3.8, 4) is 11.5 Å². The van der Waals surface area contributed by atoms with E-state index < -0.39 is 0 Å². The number of halogens is 3. The summed E-state index contributed by atoms with van der Waals surface area (Å²) in [6.45, 7) is 0.406. The van der Waals surface area contributed by atoms with Gasteiger partial charge in [0.25, 0.3) is 0 Å². The van der Waals surface area contributed by atoms with Crippen LogP contribution in [0, 0.1) is 5.82 Å². The fraction of sp³-hybridized carbons (Fsp3) is 0.0909. The van der Waals surface area contributed by atoms with Crippen LogP contribution in [0.25, 0.3) is 10.9 Å². The maximum atomic E-state index is 14.2. The zero-order valence-corrected chi connectivity index (χ0v) is 18.3. The molecule has 5 nitrogen and oxygen atoms in total. The molecule has 0 spiro atoms. The van der Waals surface area contributed by atoms with Gasteiger partial charge in [0.1, 0.15) is 24.6 Å². The minimum Gasteiger partial charge on any atom is -0.493 e. The topological polar surface area (TPSA) is 56.3 Å². The number of methoxy groups -OCH3 is 1. The molecule has 4 rings (SSSR count). The van der Waals surface area contributed by atoms with Crippen LogP contribution < -0.4 is 14.8 Å².